The summed E-state index contributed by atoms with van der Waals surface area (Å²) in [6, 6.07) is -2.08. The molecule has 3 nitrogen and oxygen atoms in total. The predicted octanol–water partition coefficient (Wildman–Crippen LogP) is 1.88. The molecule has 1 heterocycles. The predicted molar refractivity (Wildman–Crippen MR) is 59.1 cm³/mol. The molecule has 0 spiro atoms. The van der Waals surface area contributed by atoms with E-state index in [0.29, 0.717) is 0 Å². The van der Waals surface area contributed by atoms with Gasteiger partial charge in [-0.2, -0.15) is 13.2 Å². The quantitative estimate of drug-likeness (QED) is 0.689. The van der Waals surface area contributed by atoms with E-state index in [4.69, 9.17) is 23.2 Å². The van der Waals surface area contributed by atoms with Crippen molar-refractivity contribution < 1.29 is 18.0 Å². The van der Waals surface area contributed by atoms with E-state index in [1.54, 1.807) is 6.92 Å². The summed E-state index contributed by atoms with van der Waals surface area (Å²) in [4.78, 5) is 12.5. The zero-order valence-electron chi connectivity index (χ0n) is 9.34. The number of piperazine rings is 1. The number of nitrogens with zero attached hydrogens (tertiary/aromatic N) is 2. The molecule has 1 saturated heterocycles. The van der Waals surface area contributed by atoms with E-state index in [0.717, 1.165) is 4.90 Å². The standard InChI is InChI=1S/C9H13Cl2F3N2O/c1-5-3-16(8(17)7(10)11)4-6(15(5)2)9(12,13)14/h5-7H,3-4H2,1-2H3. The van der Waals surface area contributed by atoms with Gasteiger partial charge in [0, 0.05) is 19.1 Å². The molecule has 100 valence electrons. The highest BCUT2D eigenvalue weighted by atomic mass is 35.5. The van der Waals surface area contributed by atoms with E-state index in [-0.39, 0.29) is 6.54 Å². The van der Waals surface area contributed by atoms with Crippen LogP contribution in [-0.4, -0.2) is 58.9 Å². The Hall–Kier alpha value is -0.200. The number of hydrogen-bond acceptors (Lipinski definition) is 2. The molecule has 1 aliphatic heterocycles. The molecule has 0 bridgehead atoms. The molecule has 0 aliphatic carbocycles. The van der Waals surface area contributed by atoms with E-state index in [9.17, 15) is 18.0 Å². The highest BCUT2D eigenvalue weighted by molar-refractivity contribution is 6.53. The van der Waals surface area contributed by atoms with Crippen LogP contribution in [0.5, 0.6) is 0 Å². The molecule has 0 aromatic rings. The lowest BCUT2D eigenvalue weighted by Crippen LogP contribution is -2.62. The lowest BCUT2D eigenvalue weighted by Gasteiger charge is -2.44. The van der Waals surface area contributed by atoms with E-state index in [1.807, 2.05) is 0 Å². The lowest BCUT2D eigenvalue weighted by molar-refractivity contribution is -0.200. The van der Waals surface area contributed by atoms with Crippen molar-refractivity contribution in [2.24, 2.45) is 0 Å². The van der Waals surface area contributed by atoms with Crippen molar-refractivity contribution in [1.29, 1.82) is 0 Å². The van der Waals surface area contributed by atoms with Crippen molar-refractivity contribution >= 4 is 29.1 Å². The van der Waals surface area contributed by atoms with Crippen LogP contribution in [0.3, 0.4) is 0 Å². The van der Waals surface area contributed by atoms with Gasteiger partial charge < -0.3 is 4.90 Å². The van der Waals surface area contributed by atoms with Gasteiger partial charge in [0.1, 0.15) is 6.04 Å². The van der Waals surface area contributed by atoms with Crippen LogP contribution in [0, 0.1) is 0 Å². The lowest BCUT2D eigenvalue weighted by atomic mass is 10.1. The molecule has 2 unspecified atom stereocenters. The van der Waals surface area contributed by atoms with Crippen molar-refractivity contribution in [2.75, 3.05) is 20.1 Å². The van der Waals surface area contributed by atoms with E-state index in [1.165, 1.54) is 11.9 Å². The molecule has 2 atom stereocenters. The number of rotatable bonds is 1. The summed E-state index contributed by atoms with van der Waals surface area (Å²) in [5, 5.41) is 0. The second kappa shape index (κ2) is 5.20. The second-order valence-corrected chi connectivity index (χ2v) is 5.21. The first-order valence-corrected chi connectivity index (χ1v) is 5.87. The first-order valence-electron chi connectivity index (χ1n) is 5.00. The second-order valence-electron chi connectivity index (χ2n) is 4.12. The number of alkyl halides is 5. The van der Waals surface area contributed by atoms with Gasteiger partial charge in [0.05, 0.1) is 0 Å². The van der Waals surface area contributed by atoms with Gasteiger partial charge in [-0.1, -0.05) is 23.2 Å². The third-order valence-electron chi connectivity index (χ3n) is 2.94. The number of carbonyl (C=O) groups is 1. The van der Waals surface area contributed by atoms with Crippen LogP contribution in [0.15, 0.2) is 0 Å². The van der Waals surface area contributed by atoms with E-state index >= 15 is 0 Å². The monoisotopic (exact) mass is 292 g/mol. The normalized spacial score (nSPS) is 27.6. The highest BCUT2D eigenvalue weighted by Gasteiger charge is 2.48. The Bertz CT molecular complexity index is 298. The Kier molecular flexibility index (Phi) is 4.54. The van der Waals surface area contributed by atoms with Crippen LogP contribution in [-0.2, 0) is 4.79 Å². The molecule has 0 N–H and O–H groups in total. The molecular weight excluding hydrogens is 280 g/mol. The zero-order valence-corrected chi connectivity index (χ0v) is 10.9. The summed E-state index contributed by atoms with van der Waals surface area (Å²) < 4.78 is 38.3. The van der Waals surface area contributed by atoms with Crippen molar-refractivity contribution in [3.8, 4) is 0 Å². The molecule has 8 heteroatoms. The van der Waals surface area contributed by atoms with Crippen molar-refractivity contribution in [1.82, 2.24) is 9.80 Å². The fourth-order valence-electron chi connectivity index (χ4n) is 1.82. The third-order valence-corrected chi connectivity index (χ3v) is 3.31. The summed E-state index contributed by atoms with van der Waals surface area (Å²) in [6.07, 6.45) is -4.38. The van der Waals surface area contributed by atoms with Gasteiger partial charge >= 0.3 is 6.18 Å². The topological polar surface area (TPSA) is 23.6 Å². The SMILES string of the molecule is CC1CN(C(=O)C(Cl)Cl)CC(C(F)(F)F)N1C. The van der Waals surface area contributed by atoms with Gasteiger partial charge in [0.25, 0.3) is 5.91 Å². The van der Waals surface area contributed by atoms with E-state index in [2.05, 4.69) is 0 Å². The Morgan fingerprint density at radius 1 is 1.35 bits per heavy atom. The number of amides is 1. The van der Waals surface area contributed by atoms with Crippen LogP contribution >= 0.6 is 23.2 Å². The maximum absolute atomic E-state index is 12.8. The Balaban J connectivity index is 2.84. The molecule has 17 heavy (non-hydrogen) atoms. The van der Waals surface area contributed by atoms with Gasteiger partial charge in [-0.3, -0.25) is 9.69 Å². The van der Waals surface area contributed by atoms with Crippen LogP contribution in [0.1, 0.15) is 6.92 Å². The van der Waals surface area contributed by atoms with Crippen molar-refractivity contribution in [3.63, 3.8) is 0 Å². The van der Waals surface area contributed by atoms with Gasteiger partial charge in [-0.15, -0.1) is 0 Å². The first-order chi connectivity index (χ1) is 7.64. The molecule has 1 amide bonds. The number of likely N-dealkylation sites (N-methyl/N-ethyl adjacent to an activating group) is 1. The first kappa shape index (κ1) is 14.9. The van der Waals surface area contributed by atoms with Crippen LogP contribution in [0.25, 0.3) is 0 Å². The molecule has 0 radical (unpaired) electrons. The Morgan fingerprint density at radius 2 is 1.88 bits per heavy atom. The smallest absolute Gasteiger partial charge is 0.337 e. The van der Waals surface area contributed by atoms with Gasteiger partial charge in [0.2, 0.25) is 0 Å². The number of carbonyl (C=O) groups excluding carboxylic acids is 1. The molecule has 0 saturated carbocycles. The minimum Gasteiger partial charge on any atom is -0.337 e. The molecule has 1 aliphatic rings. The molecule has 1 rings (SSSR count). The van der Waals surface area contributed by atoms with Gasteiger partial charge in [0.15, 0.2) is 4.84 Å². The summed E-state index contributed by atoms with van der Waals surface area (Å²) in [5.41, 5.74) is 0. The fourth-order valence-corrected chi connectivity index (χ4v) is 2.10. The maximum atomic E-state index is 12.8. The van der Waals surface area contributed by atoms with Crippen LogP contribution in [0.2, 0.25) is 0 Å². The van der Waals surface area contributed by atoms with Crippen LogP contribution in [0.4, 0.5) is 13.2 Å². The average molecular weight is 293 g/mol. The molecular formula is C9H13Cl2F3N2O. The summed E-state index contributed by atoms with van der Waals surface area (Å²) in [7, 11) is 1.39. The Labute approximate surface area is 107 Å². The van der Waals surface area contributed by atoms with Crippen molar-refractivity contribution in [2.45, 2.75) is 30.0 Å². The average Bonchev–Trinajstić information content (AvgIpc) is 2.18. The fraction of sp³-hybridized carbons (Fsp3) is 0.889. The Morgan fingerprint density at radius 3 is 2.29 bits per heavy atom. The zero-order chi connectivity index (χ0) is 13.4. The highest BCUT2D eigenvalue weighted by Crippen LogP contribution is 2.29. The molecule has 0 aromatic carbocycles. The number of halogens is 5. The van der Waals surface area contributed by atoms with Crippen molar-refractivity contribution in [3.05, 3.63) is 0 Å². The van der Waals surface area contributed by atoms with Crippen LogP contribution < -0.4 is 0 Å². The minimum absolute atomic E-state index is 0.192. The minimum atomic E-state index is -4.38. The largest absolute Gasteiger partial charge is 0.405 e. The molecule has 0 aromatic heterocycles. The summed E-state index contributed by atoms with van der Waals surface area (Å²) >= 11 is 10.8. The maximum Gasteiger partial charge on any atom is 0.405 e. The van der Waals surface area contributed by atoms with E-state index < -0.39 is 35.5 Å². The molecule has 1 fully saturated rings. The summed E-state index contributed by atoms with van der Waals surface area (Å²) in [6.45, 7) is 1.38. The number of hydrogen-bond donors (Lipinski definition) is 0. The van der Waals surface area contributed by atoms with Gasteiger partial charge in [-0.25, -0.2) is 0 Å². The summed E-state index contributed by atoms with van der Waals surface area (Å²) in [5.74, 6) is -0.678. The third kappa shape index (κ3) is 3.39. The van der Waals surface area contributed by atoms with Gasteiger partial charge in [-0.05, 0) is 14.0 Å².